The Bertz CT molecular complexity index is 1110. The van der Waals surface area contributed by atoms with Gasteiger partial charge in [0.05, 0.1) is 26.7 Å². The second kappa shape index (κ2) is 15.3. The summed E-state index contributed by atoms with van der Waals surface area (Å²) in [5.41, 5.74) is 1.72. The van der Waals surface area contributed by atoms with E-state index in [9.17, 15) is 4.79 Å². The van der Waals surface area contributed by atoms with E-state index in [1.165, 1.54) is 12.7 Å². The summed E-state index contributed by atoms with van der Waals surface area (Å²) in [7, 11) is 4.62. The van der Waals surface area contributed by atoms with Crippen molar-refractivity contribution in [2.45, 2.75) is 50.1 Å². The third kappa shape index (κ3) is 9.28. The number of benzene rings is 1. The van der Waals surface area contributed by atoms with Crippen molar-refractivity contribution in [2.75, 3.05) is 79.3 Å². The molecule has 2 aliphatic rings. The van der Waals surface area contributed by atoms with E-state index in [1.54, 1.807) is 14.2 Å². The number of aromatic nitrogens is 1. The molecule has 10 heteroatoms. The van der Waals surface area contributed by atoms with Gasteiger partial charge in [-0.15, -0.1) is 0 Å². The smallest absolute Gasteiger partial charge is 0.306 e. The number of methoxy groups -OCH3 is 3. The minimum Gasteiger partial charge on any atom is -0.491 e. The molecule has 0 amide bonds. The van der Waals surface area contributed by atoms with Crippen molar-refractivity contribution in [2.24, 2.45) is 0 Å². The number of fused-ring (bicyclic) bond motifs is 1. The first kappa shape index (κ1) is 31.0. The van der Waals surface area contributed by atoms with Crippen molar-refractivity contribution in [3.63, 3.8) is 0 Å². The predicted octanol–water partition coefficient (Wildman–Crippen LogP) is 4.18. The molecule has 2 atom stereocenters. The summed E-state index contributed by atoms with van der Waals surface area (Å²) in [6.07, 6.45) is 3.77. The Morgan fingerprint density at radius 3 is 2.49 bits per heavy atom. The quantitative estimate of drug-likeness (QED) is 0.235. The molecule has 1 N–H and O–H groups in total. The van der Waals surface area contributed by atoms with E-state index >= 15 is 4.39 Å². The maximum absolute atomic E-state index is 16.0. The normalized spacial score (nSPS) is 19.3. The molecular formula is C31H44FN3O6. The van der Waals surface area contributed by atoms with E-state index in [0.717, 1.165) is 36.5 Å². The molecule has 1 aromatic carbocycles. The Morgan fingerprint density at radius 1 is 1.07 bits per heavy atom. The van der Waals surface area contributed by atoms with Crippen molar-refractivity contribution < 1.29 is 32.9 Å². The number of aryl methyl sites for hydroxylation is 2. The third-order valence-electron chi connectivity index (χ3n) is 7.77. The molecule has 0 saturated carbocycles. The number of nitrogens with one attached hydrogen (secondary N) is 1. The van der Waals surface area contributed by atoms with Gasteiger partial charge in [0.2, 0.25) is 0 Å². The van der Waals surface area contributed by atoms with Crippen LogP contribution in [0.1, 0.15) is 48.4 Å². The minimum atomic E-state index is -1.31. The number of hydrogen-bond donors (Lipinski definition) is 1. The second-order valence-electron chi connectivity index (χ2n) is 10.9. The van der Waals surface area contributed by atoms with Gasteiger partial charge in [0, 0.05) is 58.1 Å². The van der Waals surface area contributed by atoms with Crippen LogP contribution in [0.15, 0.2) is 30.3 Å². The van der Waals surface area contributed by atoms with E-state index < -0.39 is 5.67 Å². The molecule has 226 valence electrons. The van der Waals surface area contributed by atoms with Crippen LogP contribution in [-0.2, 0) is 31.8 Å². The minimum absolute atomic E-state index is 0.164. The lowest BCUT2D eigenvalue weighted by Gasteiger charge is -2.26. The van der Waals surface area contributed by atoms with Gasteiger partial charge in [-0.25, -0.2) is 9.37 Å². The molecule has 2 aromatic rings. The lowest BCUT2D eigenvalue weighted by atomic mass is 9.94. The van der Waals surface area contributed by atoms with Gasteiger partial charge in [0.15, 0.2) is 0 Å². The average molecular weight is 574 g/mol. The lowest BCUT2D eigenvalue weighted by Crippen LogP contribution is -2.33. The first-order chi connectivity index (χ1) is 19.9. The van der Waals surface area contributed by atoms with Crippen LogP contribution in [0.2, 0.25) is 0 Å². The number of alkyl halides is 1. The van der Waals surface area contributed by atoms with Gasteiger partial charge >= 0.3 is 5.97 Å². The Kier molecular flexibility index (Phi) is 11.6. The number of pyridine rings is 1. The van der Waals surface area contributed by atoms with Gasteiger partial charge in [0.1, 0.15) is 36.2 Å². The summed E-state index contributed by atoms with van der Waals surface area (Å²) in [6.45, 7) is 4.03. The van der Waals surface area contributed by atoms with Crippen LogP contribution in [0.4, 0.5) is 10.2 Å². The van der Waals surface area contributed by atoms with Crippen molar-refractivity contribution in [1.82, 2.24) is 9.88 Å². The zero-order chi connectivity index (χ0) is 29.1. The highest BCUT2D eigenvalue weighted by Gasteiger charge is 2.39. The standard InChI is InChI=1S/C31H44FN3O6/c1-37-13-15-40-27-17-24(18-28(20-27)41-16-14-38-2)25(19-29(36)39-3)21-35-12-10-31(32,22-35)9-8-26-7-6-23-5-4-11-33-30(23)34-26/h6-7,17-18,20,25H,4-5,8-16,19,21-22H2,1-3H3,(H,33,34). The summed E-state index contributed by atoms with van der Waals surface area (Å²) in [5.74, 6) is 1.64. The van der Waals surface area contributed by atoms with Crippen molar-refractivity contribution in [1.29, 1.82) is 0 Å². The first-order valence-electron chi connectivity index (χ1n) is 14.5. The summed E-state index contributed by atoms with van der Waals surface area (Å²) < 4.78 is 43.0. The summed E-state index contributed by atoms with van der Waals surface area (Å²) in [6, 6.07) is 9.80. The van der Waals surface area contributed by atoms with Gasteiger partial charge < -0.3 is 29.0 Å². The monoisotopic (exact) mass is 573 g/mol. The number of anilines is 1. The molecule has 1 saturated heterocycles. The van der Waals surface area contributed by atoms with E-state index in [1.807, 2.05) is 24.3 Å². The Labute approximate surface area is 242 Å². The van der Waals surface area contributed by atoms with E-state index in [2.05, 4.69) is 16.3 Å². The molecule has 1 fully saturated rings. The van der Waals surface area contributed by atoms with E-state index in [0.29, 0.717) is 76.8 Å². The van der Waals surface area contributed by atoms with Crippen LogP contribution < -0.4 is 14.8 Å². The van der Waals surface area contributed by atoms with E-state index in [-0.39, 0.29) is 18.3 Å². The molecule has 9 nitrogen and oxygen atoms in total. The summed E-state index contributed by atoms with van der Waals surface area (Å²) >= 11 is 0. The number of halogens is 1. The number of likely N-dealkylation sites (tertiary alicyclic amines) is 1. The zero-order valence-electron chi connectivity index (χ0n) is 24.6. The highest BCUT2D eigenvalue weighted by molar-refractivity contribution is 5.70. The fourth-order valence-electron chi connectivity index (χ4n) is 5.50. The van der Waals surface area contributed by atoms with Gasteiger partial charge in [-0.1, -0.05) is 6.07 Å². The first-order valence-corrected chi connectivity index (χ1v) is 14.5. The maximum atomic E-state index is 16.0. The van der Waals surface area contributed by atoms with Crippen LogP contribution in [-0.4, -0.2) is 95.5 Å². The Balaban J connectivity index is 1.43. The molecule has 0 bridgehead atoms. The van der Waals surface area contributed by atoms with Crippen LogP contribution >= 0.6 is 0 Å². The molecule has 1 aromatic heterocycles. The van der Waals surface area contributed by atoms with Gasteiger partial charge in [0.25, 0.3) is 0 Å². The summed E-state index contributed by atoms with van der Waals surface area (Å²) in [4.78, 5) is 19.3. The highest BCUT2D eigenvalue weighted by Crippen LogP contribution is 2.35. The molecule has 2 unspecified atom stereocenters. The van der Waals surface area contributed by atoms with Crippen LogP contribution in [0.5, 0.6) is 11.5 Å². The Hall–Kier alpha value is -2.95. The molecule has 0 aliphatic carbocycles. The number of nitrogens with zero attached hydrogens (tertiary/aromatic N) is 2. The number of ether oxygens (including phenoxy) is 5. The zero-order valence-corrected chi connectivity index (χ0v) is 24.6. The largest absolute Gasteiger partial charge is 0.491 e. The lowest BCUT2D eigenvalue weighted by molar-refractivity contribution is -0.141. The SMILES string of the molecule is COCCOc1cc(OCCOC)cc(C(CC(=O)OC)CN2CCC(F)(CCc3ccc4c(n3)NCCC4)C2)c1. The van der Waals surface area contributed by atoms with Crippen LogP contribution in [0.3, 0.4) is 0 Å². The maximum Gasteiger partial charge on any atom is 0.306 e. The molecule has 0 spiro atoms. The topological polar surface area (TPSA) is 91.4 Å². The number of rotatable bonds is 16. The van der Waals surface area contributed by atoms with Gasteiger partial charge in [-0.2, -0.15) is 0 Å². The highest BCUT2D eigenvalue weighted by atomic mass is 19.1. The fraction of sp³-hybridized carbons (Fsp3) is 0.613. The molecular weight excluding hydrogens is 529 g/mol. The van der Waals surface area contributed by atoms with Crippen LogP contribution in [0.25, 0.3) is 0 Å². The predicted molar refractivity (Wildman–Crippen MR) is 155 cm³/mol. The Morgan fingerprint density at radius 2 is 1.80 bits per heavy atom. The fourth-order valence-corrected chi connectivity index (χ4v) is 5.50. The molecule has 3 heterocycles. The number of esters is 1. The summed E-state index contributed by atoms with van der Waals surface area (Å²) in [5, 5.41) is 3.36. The molecule has 0 radical (unpaired) electrons. The number of carbonyl (C=O) groups is 1. The number of hydrogen-bond acceptors (Lipinski definition) is 9. The second-order valence-corrected chi connectivity index (χ2v) is 10.9. The van der Waals surface area contributed by atoms with Crippen molar-refractivity contribution >= 4 is 11.8 Å². The molecule has 41 heavy (non-hydrogen) atoms. The van der Waals surface area contributed by atoms with Gasteiger partial charge in [-0.3, -0.25) is 9.69 Å². The van der Waals surface area contributed by atoms with E-state index in [4.69, 9.17) is 28.7 Å². The van der Waals surface area contributed by atoms with Gasteiger partial charge in [-0.05, 0) is 61.4 Å². The average Bonchev–Trinajstić information content (AvgIpc) is 3.36. The van der Waals surface area contributed by atoms with Crippen LogP contribution in [0, 0.1) is 0 Å². The molecule has 2 aliphatic heterocycles. The van der Waals surface area contributed by atoms with Crippen molar-refractivity contribution in [3.8, 4) is 11.5 Å². The van der Waals surface area contributed by atoms with Crippen molar-refractivity contribution in [3.05, 3.63) is 47.2 Å². The third-order valence-corrected chi connectivity index (χ3v) is 7.77. The molecule has 4 rings (SSSR count). The number of carbonyl (C=O) groups excluding carboxylic acids is 1.